The summed E-state index contributed by atoms with van der Waals surface area (Å²) in [6.45, 7) is 2.47. The lowest BCUT2D eigenvalue weighted by atomic mass is 9.91. The third kappa shape index (κ3) is 3.08. The molecule has 3 rings (SSSR count). The summed E-state index contributed by atoms with van der Waals surface area (Å²) in [6.07, 6.45) is 3.85. The fraction of sp³-hybridized carbons (Fsp3) is 0.278. The highest BCUT2D eigenvalue weighted by atomic mass is 16.3. The van der Waals surface area contributed by atoms with Crippen LogP contribution in [-0.4, -0.2) is 35.0 Å². The zero-order valence-electron chi connectivity index (χ0n) is 13.4. The average Bonchev–Trinajstić information content (AvgIpc) is 2.61. The summed E-state index contributed by atoms with van der Waals surface area (Å²) in [4.78, 5) is 30.0. The smallest absolute Gasteiger partial charge is 0.253 e. The second kappa shape index (κ2) is 6.70. The lowest BCUT2D eigenvalue weighted by molar-refractivity contribution is -0.117. The number of benzene rings is 1. The second-order valence-electron chi connectivity index (χ2n) is 5.87. The summed E-state index contributed by atoms with van der Waals surface area (Å²) in [5.41, 5.74) is 1.91. The van der Waals surface area contributed by atoms with Crippen molar-refractivity contribution < 1.29 is 14.7 Å². The minimum absolute atomic E-state index is 0.0889. The van der Waals surface area contributed by atoms with E-state index in [0.29, 0.717) is 17.8 Å². The van der Waals surface area contributed by atoms with Crippen molar-refractivity contribution in [3.05, 3.63) is 53.9 Å². The number of anilines is 1. The maximum atomic E-state index is 12.5. The number of aromatic hydroxyl groups is 1. The number of carbonyl (C=O) groups excluding carboxylic acids is 2. The lowest BCUT2D eigenvalue weighted by Crippen LogP contribution is -2.43. The van der Waals surface area contributed by atoms with E-state index in [1.54, 1.807) is 35.4 Å². The highest BCUT2D eigenvalue weighted by Crippen LogP contribution is 2.40. The normalized spacial score (nSPS) is 16.4. The molecule has 6 heteroatoms. The van der Waals surface area contributed by atoms with Crippen LogP contribution in [0.4, 0.5) is 5.69 Å². The van der Waals surface area contributed by atoms with Crippen molar-refractivity contribution in [1.82, 2.24) is 10.3 Å². The predicted molar refractivity (Wildman–Crippen MR) is 90.1 cm³/mol. The second-order valence-corrected chi connectivity index (χ2v) is 5.87. The Morgan fingerprint density at radius 3 is 2.92 bits per heavy atom. The van der Waals surface area contributed by atoms with E-state index in [0.717, 1.165) is 12.0 Å². The predicted octanol–water partition coefficient (Wildman–Crippen LogP) is 2.06. The fourth-order valence-corrected chi connectivity index (χ4v) is 2.93. The number of phenols is 1. The summed E-state index contributed by atoms with van der Waals surface area (Å²) in [6, 6.07) is 8.58. The van der Waals surface area contributed by atoms with Crippen molar-refractivity contribution in [2.24, 2.45) is 0 Å². The van der Waals surface area contributed by atoms with E-state index in [-0.39, 0.29) is 30.0 Å². The number of phenolic OH excluding ortho intramolecular Hbond substituents is 1. The molecule has 1 atom stereocenters. The zero-order valence-corrected chi connectivity index (χ0v) is 13.4. The van der Waals surface area contributed by atoms with Crippen molar-refractivity contribution in [2.75, 3.05) is 18.0 Å². The third-order valence-corrected chi connectivity index (χ3v) is 4.26. The first kappa shape index (κ1) is 16.0. The van der Waals surface area contributed by atoms with E-state index >= 15 is 0 Å². The third-order valence-electron chi connectivity index (χ3n) is 4.26. The molecule has 1 aliphatic heterocycles. The molecule has 0 fully saturated rings. The molecule has 1 aromatic carbocycles. The van der Waals surface area contributed by atoms with Crippen LogP contribution in [0.1, 0.15) is 35.2 Å². The van der Waals surface area contributed by atoms with Gasteiger partial charge in [-0.1, -0.05) is 19.1 Å². The number of rotatable bonds is 3. The number of aromatic nitrogens is 1. The van der Waals surface area contributed by atoms with Crippen LogP contribution in [0.15, 0.2) is 42.7 Å². The molecule has 1 aromatic heterocycles. The van der Waals surface area contributed by atoms with Gasteiger partial charge in [-0.2, -0.15) is 0 Å². The van der Waals surface area contributed by atoms with Gasteiger partial charge in [0.05, 0.1) is 17.8 Å². The summed E-state index contributed by atoms with van der Waals surface area (Å²) < 4.78 is 0. The van der Waals surface area contributed by atoms with E-state index in [4.69, 9.17) is 0 Å². The first-order chi connectivity index (χ1) is 11.6. The molecule has 0 aliphatic carbocycles. The van der Waals surface area contributed by atoms with E-state index in [1.165, 1.54) is 6.20 Å². The molecule has 124 valence electrons. The van der Waals surface area contributed by atoms with Crippen LogP contribution in [0, 0.1) is 0 Å². The number of carbonyl (C=O) groups is 2. The fourth-order valence-electron chi connectivity index (χ4n) is 2.93. The Balaban J connectivity index is 1.73. The molecule has 2 amide bonds. The van der Waals surface area contributed by atoms with E-state index < -0.39 is 0 Å². The van der Waals surface area contributed by atoms with Crippen molar-refractivity contribution in [1.29, 1.82) is 0 Å². The van der Waals surface area contributed by atoms with Gasteiger partial charge in [0, 0.05) is 18.9 Å². The van der Waals surface area contributed by atoms with Crippen LogP contribution < -0.4 is 10.2 Å². The van der Waals surface area contributed by atoms with E-state index in [1.807, 2.05) is 6.07 Å². The maximum absolute atomic E-state index is 12.5. The Hall–Kier alpha value is -2.89. The molecule has 0 saturated carbocycles. The van der Waals surface area contributed by atoms with Gasteiger partial charge in [-0.05, 0) is 36.1 Å². The van der Waals surface area contributed by atoms with E-state index in [2.05, 4.69) is 17.2 Å². The summed E-state index contributed by atoms with van der Waals surface area (Å²) in [7, 11) is 0. The zero-order chi connectivity index (χ0) is 17.1. The number of amides is 2. The van der Waals surface area contributed by atoms with Gasteiger partial charge in [0.2, 0.25) is 5.91 Å². The van der Waals surface area contributed by atoms with Gasteiger partial charge in [-0.25, -0.2) is 0 Å². The van der Waals surface area contributed by atoms with Crippen LogP contribution >= 0.6 is 0 Å². The van der Waals surface area contributed by atoms with Gasteiger partial charge in [-0.15, -0.1) is 0 Å². The van der Waals surface area contributed by atoms with Gasteiger partial charge in [0.25, 0.3) is 5.91 Å². The Morgan fingerprint density at radius 2 is 2.17 bits per heavy atom. The van der Waals surface area contributed by atoms with Crippen LogP contribution in [0.5, 0.6) is 5.75 Å². The van der Waals surface area contributed by atoms with Gasteiger partial charge in [0.1, 0.15) is 5.75 Å². The van der Waals surface area contributed by atoms with Crippen molar-refractivity contribution in [3.8, 4) is 5.75 Å². The topological polar surface area (TPSA) is 82.5 Å². The Labute approximate surface area is 140 Å². The van der Waals surface area contributed by atoms with Gasteiger partial charge in [0.15, 0.2) is 0 Å². The first-order valence-electron chi connectivity index (χ1n) is 7.88. The first-order valence-corrected chi connectivity index (χ1v) is 7.88. The Bertz CT molecular complexity index is 761. The van der Waals surface area contributed by atoms with Gasteiger partial charge < -0.3 is 15.3 Å². The van der Waals surface area contributed by atoms with E-state index in [9.17, 15) is 14.7 Å². The minimum Gasteiger partial charge on any atom is -0.506 e. The Morgan fingerprint density at radius 1 is 1.33 bits per heavy atom. The number of pyridine rings is 1. The number of hydrogen-bond donors (Lipinski definition) is 2. The molecule has 0 saturated heterocycles. The van der Waals surface area contributed by atoms with Gasteiger partial charge in [-0.3, -0.25) is 14.6 Å². The van der Waals surface area contributed by atoms with Crippen molar-refractivity contribution in [3.63, 3.8) is 0 Å². The molecule has 1 aliphatic rings. The molecule has 0 spiro atoms. The summed E-state index contributed by atoms with van der Waals surface area (Å²) in [5, 5.41) is 12.8. The van der Waals surface area contributed by atoms with Crippen LogP contribution in [0.2, 0.25) is 0 Å². The maximum Gasteiger partial charge on any atom is 0.253 e. The molecular formula is C18H19N3O3. The minimum atomic E-state index is -0.348. The SMILES string of the molecule is C[C@@H]1CCN(C(=O)CNC(=O)c2cccnc2)c2c(O)cccc21. The number of nitrogens with one attached hydrogen (secondary N) is 1. The van der Waals surface area contributed by atoms with Gasteiger partial charge >= 0.3 is 0 Å². The highest BCUT2D eigenvalue weighted by Gasteiger charge is 2.28. The molecule has 2 heterocycles. The van der Waals surface area contributed by atoms with Crippen molar-refractivity contribution >= 4 is 17.5 Å². The number of fused-ring (bicyclic) bond motifs is 1. The highest BCUT2D eigenvalue weighted by molar-refractivity contribution is 6.01. The number of para-hydroxylation sites is 1. The summed E-state index contributed by atoms with van der Waals surface area (Å²) in [5.74, 6) is -0.228. The summed E-state index contributed by atoms with van der Waals surface area (Å²) >= 11 is 0. The van der Waals surface area contributed by atoms with Crippen molar-refractivity contribution in [2.45, 2.75) is 19.3 Å². The molecule has 0 radical (unpaired) electrons. The van der Waals surface area contributed by atoms with Crippen LogP contribution in [0.3, 0.4) is 0 Å². The molecule has 0 bridgehead atoms. The monoisotopic (exact) mass is 325 g/mol. The molecule has 6 nitrogen and oxygen atoms in total. The Kier molecular flexibility index (Phi) is 4.46. The molecule has 2 N–H and O–H groups in total. The number of nitrogens with zero attached hydrogens (tertiary/aromatic N) is 2. The standard InChI is InChI=1S/C18H19N3O3/c1-12-7-9-21(17-14(12)5-2-6-15(17)22)16(23)11-20-18(24)13-4-3-8-19-10-13/h2-6,8,10,12,22H,7,9,11H2,1H3,(H,20,24)/t12-/m1/s1. The molecule has 24 heavy (non-hydrogen) atoms. The largest absolute Gasteiger partial charge is 0.506 e. The average molecular weight is 325 g/mol. The molecule has 0 unspecified atom stereocenters. The lowest BCUT2D eigenvalue weighted by Gasteiger charge is -2.33. The number of hydrogen-bond acceptors (Lipinski definition) is 4. The quantitative estimate of drug-likeness (QED) is 0.905. The molecular weight excluding hydrogens is 306 g/mol. The van der Waals surface area contributed by atoms with Crippen LogP contribution in [0.25, 0.3) is 0 Å². The molecule has 2 aromatic rings. The van der Waals surface area contributed by atoms with Crippen LogP contribution in [-0.2, 0) is 4.79 Å².